The van der Waals surface area contributed by atoms with E-state index in [1.807, 2.05) is 41.8 Å². The van der Waals surface area contributed by atoms with E-state index in [0.29, 0.717) is 23.3 Å². The molecule has 2 aromatic carbocycles. The largest absolute Gasteiger partial charge is 0.421 e. The lowest BCUT2D eigenvalue weighted by Crippen LogP contribution is -2.12. The summed E-state index contributed by atoms with van der Waals surface area (Å²) in [6.45, 7) is 4.16. The number of aromatic nitrogens is 3. The Balaban J connectivity index is 1.34. The maximum absolute atomic E-state index is 12.3. The Morgan fingerprint density at radius 3 is 2.66 bits per heavy atom. The second kappa shape index (κ2) is 8.36. The number of carbonyl (C=O) groups excluding carboxylic acids is 1. The van der Waals surface area contributed by atoms with Crippen LogP contribution in [0.3, 0.4) is 0 Å². The SMILES string of the molecule is Cc1ccc(-c2csc(NC(=O)CCc3nnc(-c4ccccc4)o3)n2)cc1C. The van der Waals surface area contributed by atoms with E-state index in [1.165, 1.54) is 22.5 Å². The van der Waals surface area contributed by atoms with Crippen LogP contribution in [-0.2, 0) is 11.2 Å². The molecule has 0 fully saturated rings. The van der Waals surface area contributed by atoms with Crippen LogP contribution in [0.5, 0.6) is 0 Å². The Kier molecular flexibility index (Phi) is 5.48. The van der Waals surface area contributed by atoms with E-state index in [0.717, 1.165) is 16.8 Å². The summed E-state index contributed by atoms with van der Waals surface area (Å²) in [6.07, 6.45) is 0.621. The molecule has 0 atom stereocenters. The minimum Gasteiger partial charge on any atom is -0.421 e. The van der Waals surface area contributed by atoms with Gasteiger partial charge in [0.25, 0.3) is 0 Å². The van der Waals surface area contributed by atoms with Gasteiger partial charge in [-0.3, -0.25) is 4.79 Å². The normalized spacial score (nSPS) is 10.8. The number of amides is 1. The number of nitrogens with zero attached hydrogens (tertiary/aromatic N) is 3. The monoisotopic (exact) mass is 404 g/mol. The van der Waals surface area contributed by atoms with Crippen molar-refractivity contribution in [3.63, 3.8) is 0 Å². The Bertz CT molecular complexity index is 1130. The van der Waals surface area contributed by atoms with Crippen LogP contribution < -0.4 is 5.32 Å². The van der Waals surface area contributed by atoms with Crippen molar-refractivity contribution in [3.8, 4) is 22.7 Å². The van der Waals surface area contributed by atoms with Gasteiger partial charge in [-0.25, -0.2) is 4.98 Å². The summed E-state index contributed by atoms with van der Waals surface area (Å²) in [4.78, 5) is 16.8. The molecule has 0 radical (unpaired) electrons. The van der Waals surface area contributed by atoms with Gasteiger partial charge in [0.1, 0.15) is 0 Å². The quantitative estimate of drug-likeness (QED) is 0.486. The maximum Gasteiger partial charge on any atom is 0.247 e. The highest BCUT2D eigenvalue weighted by Gasteiger charge is 2.12. The number of thiazole rings is 1. The Morgan fingerprint density at radius 2 is 1.86 bits per heavy atom. The van der Waals surface area contributed by atoms with Gasteiger partial charge >= 0.3 is 0 Å². The standard InChI is InChI=1S/C22H20N4O2S/c1-14-8-9-17(12-15(14)2)18-13-29-22(23-18)24-19(27)10-11-20-25-26-21(28-20)16-6-4-3-5-7-16/h3-9,12-13H,10-11H2,1-2H3,(H,23,24,27). The molecule has 4 aromatic rings. The number of aryl methyl sites for hydroxylation is 3. The van der Waals surface area contributed by atoms with Crippen LogP contribution in [0.15, 0.2) is 58.3 Å². The number of rotatable bonds is 6. The molecular formula is C22H20N4O2S. The summed E-state index contributed by atoms with van der Waals surface area (Å²) in [7, 11) is 0. The van der Waals surface area contributed by atoms with Crippen LogP contribution in [0.4, 0.5) is 5.13 Å². The first-order valence-corrected chi connectivity index (χ1v) is 10.2. The van der Waals surface area contributed by atoms with Gasteiger partial charge in [0.05, 0.1) is 5.69 Å². The summed E-state index contributed by atoms with van der Waals surface area (Å²) >= 11 is 1.41. The van der Waals surface area contributed by atoms with E-state index in [1.54, 1.807) is 0 Å². The summed E-state index contributed by atoms with van der Waals surface area (Å²) in [5.41, 5.74) is 5.23. The third-order valence-corrected chi connectivity index (χ3v) is 5.36. The summed E-state index contributed by atoms with van der Waals surface area (Å²) in [5.74, 6) is 0.762. The first kappa shape index (κ1) is 19.0. The third-order valence-electron chi connectivity index (χ3n) is 4.61. The van der Waals surface area contributed by atoms with Gasteiger partial charge in [-0.2, -0.15) is 0 Å². The highest BCUT2D eigenvalue weighted by atomic mass is 32.1. The first-order valence-electron chi connectivity index (χ1n) is 9.29. The highest BCUT2D eigenvalue weighted by Crippen LogP contribution is 2.26. The fraction of sp³-hybridized carbons (Fsp3) is 0.182. The van der Waals surface area contributed by atoms with Crippen molar-refractivity contribution in [2.45, 2.75) is 26.7 Å². The van der Waals surface area contributed by atoms with Crippen LogP contribution in [0, 0.1) is 13.8 Å². The summed E-state index contributed by atoms with van der Waals surface area (Å²) < 4.78 is 5.64. The lowest BCUT2D eigenvalue weighted by molar-refractivity contribution is -0.116. The molecule has 7 heteroatoms. The van der Waals surface area contributed by atoms with E-state index in [-0.39, 0.29) is 12.3 Å². The molecule has 0 aliphatic carbocycles. The smallest absolute Gasteiger partial charge is 0.247 e. The van der Waals surface area contributed by atoms with Crippen LogP contribution in [-0.4, -0.2) is 21.1 Å². The molecule has 6 nitrogen and oxygen atoms in total. The topological polar surface area (TPSA) is 80.9 Å². The fourth-order valence-electron chi connectivity index (χ4n) is 2.82. The van der Waals surface area contributed by atoms with E-state index in [2.05, 4.69) is 46.5 Å². The van der Waals surface area contributed by atoms with Gasteiger partial charge < -0.3 is 9.73 Å². The molecule has 29 heavy (non-hydrogen) atoms. The number of hydrogen-bond donors (Lipinski definition) is 1. The average molecular weight is 404 g/mol. The molecule has 1 amide bonds. The molecular weight excluding hydrogens is 384 g/mol. The predicted octanol–water partition coefficient (Wildman–Crippen LogP) is 5.05. The molecule has 4 rings (SSSR count). The number of hydrogen-bond acceptors (Lipinski definition) is 6. The third kappa shape index (κ3) is 4.57. The molecule has 2 heterocycles. The molecule has 0 aliphatic heterocycles. The number of nitrogens with one attached hydrogen (secondary N) is 1. The van der Waals surface area contributed by atoms with E-state index in [4.69, 9.17) is 4.42 Å². The van der Waals surface area contributed by atoms with E-state index >= 15 is 0 Å². The number of carbonyl (C=O) groups is 1. The van der Waals surface area contributed by atoms with Crippen LogP contribution >= 0.6 is 11.3 Å². The average Bonchev–Trinajstić information content (AvgIpc) is 3.39. The van der Waals surface area contributed by atoms with Crippen molar-refractivity contribution >= 4 is 22.4 Å². The zero-order valence-corrected chi connectivity index (χ0v) is 17.0. The lowest BCUT2D eigenvalue weighted by Gasteiger charge is -2.02. The molecule has 2 aromatic heterocycles. The minimum absolute atomic E-state index is 0.134. The number of benzene rings is 2. The van der Waals surface area contributed by atoms with Crippen molar-refractivity contribution in [2.24, 2.45) is 0 Å². The van der Waals surface area contributed by atoms with Crippen LogP contribution in [0.2, 0.25) is 0 Å². The summed E-state index contributed by atoms with van der Waals surface area (Å²) in [5, 5.41) is 13.4. The second-order valence-electron chi connectivity index (χ2n) is 6.75. The van der Waals surface area contributed by atoms with E-state index < -0.39 is 0 Å². The van der Waals surface area contributed by atoms with Crippen molar-refractivity contribution in [1.82, 2.24) is 15.2 Å². The second-order valence-corrected chi connectivity index (χ2v) is 7.61. The molecule has 0 unspecified atom stereocenters. The molecule has 146 valence electrons. The maximum atomic E-state index is 12.3. The van der Waals surface area contributed by atoms with Crippen molar-refractivity contribution in [3.05, 3.63) is 70.9 Å². The zero-order valence-electron chi connectivity index (χ0n) is 16.2. The molecule has 0 saturated heterocycles. The summed E-state index contributed by atoms with van der Waals surface area (Å²) in [6, 6.07) is 15.8. The van der Waals surface area contributed by atoms with Crippen LogP contribution in [0.1, 0.15) is 23.4 Å². The Labute approximate surface area is 172 Å². The van der Waals surface area contributed by atoms with Gasteiger partial charge in [-0.1, -0.05) is 30.3 Å². The van der Waals surface area contributed by atoms with Crippen molar-refractivity contribution in [1.29, 1.82) is 0 Å². The van der Waals surface area contributed by atoms with E-state index in [9.17, 15) is 4.79 Å². The molecule has 1 N–H and O–H groups in total. The molecule has 0 saturated carbocycles. The Morgan fingerprint density at radius 1 is 1.03 bits per heavy atom. The fourth-order valence-corrected chi connectivity index (χ4v) is 3.55. The van der Waals surface area contributed by atoms with Gasteiger partial charge in [-0.15, -0.1) is 21.5 Å². The Hall–Kier alpha value is -3.32. The lowest BCUT2D eigenvalue weighted by atomic mass is 10.1. The van der Waals surface area contributed by atoms with Gasteiger partial charge in [-0.05, 0) is 43.2 Å². The predicted molar refractivity (Wildman–Crippen MR) is 114 cm³/mol. The van der Waals surface area contributed by atoms with Gasteiger partial charge in [0, 0.05) is 29.3 Å². The molecule has 0 bridgehead atoms. The van der Waals surface area contributed by atoms with Crippen LogP contribution in [0.25, 0.3) is 22.7 Å². The van der Waals surface area contributed by atoms with Gasteiger partial charge in [0.15, 0.2) is 5.13 Å². The molecule has 0 spiro atoms. The van der Waals surface area contributed by atoms with Crippen molar-refractivity contribution in [2.75, 3.05) is 5.32 Å². The zero-order chi connectivity index (χ0) is 20.2. The highest BCUT2D eigenvalue weighted by molar-refractivity contribution is 7.14. The minimum atomic E-state index is -0.134. The number of anilines is 1. The first-order chi connectivity index (χ1) is 14.1. The molecule has 0 aliphatic rings. The van der Waals surface area contributed by atoms with Gasteiger partial charge in [0.2, 0.25) is 17.7 Å². The van der Waals surface area contributed by atoms with Crippen molar-refractivity contribution < 1.29 is 9.21 Å².